The number of benzene rings is 1. The molecule has 0 aliphatic carbocycles. The van der Waals surface area contributed by atoms with E-state index >= 15 is 0 Å². The monoisotopic (exact) mass is 263 g/mol. The maximum absolute atomic E-state index is 13.5. The topological polar surface area (TPSA) is 20.3 Å². The number of Topliss-reactive ketones (excluding diaryl/α,β-unsaturated/α-hetero) is 1. The molecule has 104 valence electrons. The van der Waals surface area contributed by atoms with Crippen molar-refractivity contribution in [2.45, 2.75) is 26.7 Å². The molecule has 0 bridgehead atoms. The van der Waals surface area contributed by atoms with Crippen molar-refractivity contribution < 1.29 is 9.18 Å². The second kappa shape index (κ2) is 6.29. The summed E-state index contributed by atoms with van der Waals surface area (Å²) in [4.78, 5) is 14.2. The molecule has 0 radical (unpaired) electrons. The minimum absolute atomic E-state index is 0.106. The van der Waals surface area contributed by atoms with E-state index in [4.69, 9.17) is 0 Å². The van der Waals surface area contributed by atoms with Crippen LogP contribution in [0.15, 0.2) is 24.3 Å². The average Bonchev–Trinajstić information content (AvgIpc) is 2.80. The van der Waals surface area contributed by atoms with Gasteiger partial charge in [-0.1, -0.05) is 32.0 Å². The van der Waals surface area contributed by atoms with Crippen LogP contribution in [0.3, 0.4) is 0 Å². The molecule has 1 fully saturated rings. The molecule has 1 aliphatic rings. The lowest BCUT2D eigenvalue weighted by Gasteiger charge is -2.17. The third kappa shape index (κ3) is 3.87. The van der Waals surface area contributed by atoms with Crippen LogP contribution in [0.4, 0.5) is 4.39 Å². The normalized spacial score (nSPS) is 20.1. The zero-order chi connectivity index (χ0) is 13.8. The van der Waals surface area contributed by atoms with Gasteiger partial charge in [0.1, 0.15) is 5.82 Å². The van der Waals surface area contributed by atoms with Crippen molar-refractivity contribution in [3.8, 4) is 0 Å². The summed E-state index contributed by atoms with van der Waals surface area (Å²) >= 11 is 0. The number of nitrogens with zero attached hydrogens (tertiary/aromatic N) is 1. The van der Waals surface area contributed by atoms with Crippen LogP contribution in [0.5, 0.6) is 0 Å². The van der Waals surface area contributed by atoms with Crippen molar-refractivity contribution in [1.29, 1.82) is 0 Å². The minimum atomic E-state index is -0.280. The van der Waals surface area contributed by atoms with Gasteiger partial charge in [-0.3, -0.25) is 9.69 Å². The van der Waals surface area contributed by atoms with E-state index in [1.165, 1.54) is 12.5 Å². The van der Waals surface area contributed by atoms with E-state index in [2.05, 4.69) is 18.7 Å². The minimum Gasteiger partial charge on any atom is -0.298 e. The maximum atomic E-state index is 13.5. The van der Waals surface area contributed by atoms with E-state index < -0.39 is 0 Å². The second-order valence-electron chi connectivity index (χ2n) is 5.83. The Morgan fingerprint density at radius 3 is 2.79 bits per heavy atom. The Balaban J connectivity index is 1.84. The number of carbonyl (C=O) groups is 1. The van der Waals surface area contributed by atoms with Crippen LogP contribution in [0.2, 0.25) is 0 Å². The fraction of sp³-hybridized carbons (Fsp3) is 0.562. The van der Waals surface area contributed by atoms with E-state index in [0.29, 0.717) is 23.9 Å². The molecule has 0 spiro atoms. The standard InChI is InChI=1S/C16H22FNO/c1-12(2)14-7-8-18(10-14)11-15(19)9-13-5-3-4-6-16(13)17/h3-6,12,14H,7-11H2,1-2H3. The van der Waals surface area contributed by atoms with Crippen LogP contribution < -0.4 is 0 Å². The highest BCUT2D eigenvalue weighted by Gasteiger charge is 2.26. The van der Waals surface area contributed by atoms with Crippen molar-refractivity contribution in [2.75, 3.05) is 19.6 Å². The number of hydrogen-bond donors (Lipinski definition) is 0. The fourth-order valence-corrected chi connectivity index (χ4v) is 2.71. The van der Waals surface area contributed by atoms with Gasteiger partial charge < -0.3 is 0 Å². The molecule has 0 saturated carbocycles. The number of hydrogen-bond acceptors (Lipinski definition) is 2. The third-order valence-electron chi connectivity index (χ3n) is 4.00. The predicted molar refractivity (Wildman–Crippen MR) is 74.5 cm³/mol. The molecule has 0 amide bonds. The van der Waals surface area contributed by atoms with Gasteiger partial charge in [-0.25, -0.2) is 4.39 Å². The molecule has 1 unspecified atom stereocenters. The first-order chi connectivity index (χ1) is 9.06. The Morgan fingerprint density at radius 1 is 1.42 bits per heavy atom. The lowest BCUT2D eigenvalue weighted by Crippen LogP contribution is -2.29. The third-order valence-corrected chi connectivity index (χ3v) is 4.00. The van der Waals surface area contributed by atoms with Gasteiger partial charge in [-0.15, -0.1) is 0 Å². The molecule has 1 aliphatic heterocycles. The van der Waals surface area contributed by atoms with Gasteiger partial charge >= 0.3 is 0 Å². The van der Waals surface area contributed by atoms with Crippen LogP contribution in [0.1, 0.15) is 25.8 Å². The lowest BCUT2D eigenvalue weighted by atomic mass is 9.95. The van der Waals surface area contributed by atoms with Crippen LogP contribution >= 0.6 is 0 Å². The average molecular weight is 263 g/mol. The molecule has 19 heavy (non-hydrogen) atoms. The van der Waals surface area contributed by atoms with Gasteiger partial charge in [0.25, 0.3) is 0 Å². The predicted octanol–water partition coefficient (Wildman–Crippen LogP) is 2.92. The summed E-state index contributed by atoms with van der Waals surface area (Å²) < 4.78 is 13.5. The Labute approximate surface area is 114 Å². The molecule has 1 aromatic carbocycles. The largest absolute Gasteiger partial charge is 0.298 e. The van der Waals surface area contributed by atoms with Gasteiger partial charge in [-0.2, -0.15) is 0 Å². The highest BCUT2D eigenvalue weighted by atomic mass is 19.1. The van der Waals surface area contributed by atoms with Crippen molar-refractivity contribution in [2.24, 2.45) is 11.8 Å². The summed E-state index contributed by atoms with van der Waals surface area (Å²) in [5.41, 5.74) is 0.507. The summed E-state index contributed by atoms with van der Waals surface area (Å²) in [6, 6.07) is 6.52. The van der Waals surface area contributed by atoms with Gasteiger partial charge in [-0.05, 0) is 36.4 Å². The smallest absolute Gasteiger partial charge is 0.151 e. The first-order valence-electron chi connectivity index (χ1n) is 7.03. The van der Waals surface area contributed by atoms with Crippen LogP contribution in [0, 0.1) is 17.7 Å². The van der Waals surface area contributed by atoms with E-state index in [1.807, 2.05) is 0 Å². The first kappa shape index (κ1) is 14.2. The Bertz CT molecular complexity index is 444. The van der Waals surface area contributed by atoms with Crippen molar-refractivity contribution >= 4 is 5.78 Å². The summed E-state index contributed by atoms with van der Waals surface area (Å²) in [7, 11) is 0. The molecule has 1 saturated heterocycles. The van der Waals surface area contributed by atoms with Crippen molar-refractivity contribution in [1.82, 2.24) is 4.90 Å². The van der Waals surface area contributed by atoms with E-state index in [-0.39, 0.29) is 18.0 Å². The van der Waals surface area contributed by atoms with Crippen molar-refractivity contribution in [3.05, 3.63) is 35.6 Å². The number of carbonyl (C=O) groups excluding carboxylic acids is 1. The summed E-state index contributed by atoms with van der Waals surface area (Å²) in [6.45, 7) is 6.91. The molecule has 1 heterocycles. The molecule has 1 aromatic rings. The molecule has 1 atom stereocenters. The lowest BCUT2D eigenvalue weighted by molar-refractivity contribution is -0.119. The fourth-order valence-electron chi connectivity index (χ4n) is 2.71. The van der Waals surface area contributed by atoms with Gasteiger partial charge in [0.05, 0.1) is 6.54 Å². The van der Waals surface area contributed by atoms with Gasteiger partial charge in [0.15, 0.2) is 5.78 Å². The van der Waals surface area contributed by atoms with Crippen molar-refractivity contribution in [3.63, 3.8) is 0 Å². The number of likely N-dealkylation sites (tertiary alicyclic amines) is 1. The summed E-state index contributed by atoms with van der Waals surface area (Å²) in [6.07, 6.45) is 1.38. The van der Waals surface area contributed by atoms with Crippen LogP contribution in [-0.4, -0.2) is 30.3 Å². The van der Waals surface area contributed by atoms with Gasteiger partial charge in [0, 0.05) is 13.0 Å². The zero-order valence-corrected chi connectivity index (χ0v) is 11.7. The Kier molecular flexibility index (Phi) is 4.70. The first-order valence-corrected chi connectivity index (χ1v) is 7.03. The van der Waals surface area contributed by atoms with Crippen LogP contribution in [-0.2, 0) is 11.2 Å². The number of rotatable bonds is 5. The van der Waals surface area contributed by atoms with Gasteiger partial charge in [0.2, 0.25) is 0 Å². The van der Waals surface area contributed by atoms with E-state index in [0.717, 1.165) is 13.1 Å². The highest BCUT2D eigenvalue weighted by molar-refractivity contribution is 5.82. The molecule has 3 heteroatoms. The summed E-state index contributed by atoms with van der Waals surface area (Å²) in [5.74, 6) is 1.19. The number of halogens is 1. The van der Waals surface area contributed by atoms with E-state index in [1.54, 1.807) is 18.2 Å². The molecule has 0 aromatic heterocycles. The SMILES string of the molecule is CC(C)C1CCN(CC(=O)Cc2ccccc2F)C1. The number of ketones is 1. The Morgan fingerprint density at radius 2 is 2.16 bits per heavy atom. The zero-order valence-electron chi connectivity index (χ0n) is 11.7. The molecule has 0 N–H and O–H groups in total. The summed E-state index contributed by atoms with van der Waals surface area (Å²) in [5, 5.41) is 0. The second-order valence-corrected chi connectivity index (χ2v) is 5.83. The van der Waals surface area contributed by atoms with E-state index in [9.17, 15) is 9.18 Å². The Hall–Kier alpha value is -1.22. The van der Waals surface area contributed by atoms with Crippen LogP contribution in [0.25, 0.3) is 0 Å². The molecular weight excluding hydrogens is 241 g/mol. The quantitative estimate of drug-likeness (QED) is 0.814. The highest BCUT2D eigenvalue weighted by Crippen LogP contribution is 2.23. The molecular formula is C16H22FNO. The molecule has 2 nitrogen and oxygen atoms in total. The maximum Gasteiger partial charge on any atom is 0.151 e. The molecule has 2 rings (SSSR count).